The first kappa shape index (κ1) is 11.7. The minimum Gasteiger partial charge on any atom is -0.349 e. The third-order valence-electron chi connectivity index (χ3n) is 2.88. The Balaban J connectivity index is 1.90. The summed E-state index contributed by atoms with van der Waals surface area (Å²) in [5, 5.41) is 6.30. The van der Waals surface area contributed by atoms with Crippen molar-refractivity contribution in [3.8, 4) is 0 Å². The largest absolute Gasteiger partial charge is 0.349 e. The summed E-state index contributed by atoms with van der Waals surface area (Å²) >= 11 is 3.36. The lowest BCUT2D eigenvalue weighted by atomic mass is 10.2. The Morgan fingerprint density at radius 2 is 2.56 bits per heavy atom. The average molecular weight is 286 g/mol. The molecule has 5 heteroatoms. The molecule has 2 N–H and O–H groups in total. The second-order valence-electron chi connectivity index (χ2n) is 4.16. The summed E-state index contributed by atoms with van der Waals surface area (Å²) in [6.45, 7) is 1.78. The van der Waals surface area contributed by atoms with Crippen LogP contribution in [0.2, 0.25) is 0 Å². The van der Waals surface area contributed by atoms with Crippen molar-refractivity contribution in [2.24, 2.45) is 7.05 Å². The quantitative estimate of drug-likeness (QED) is 0.879. The molecule has 0 bridgehead atoms. The molecule has 1 amide bonds. The van der Waals surface area contributed by atoms with Crippen LogP contribution in [0.15, 0.2) is 16.7 Å². The molecule has 4 nitrogen and oxygen atoms in total. The summed E-state index contributed by atoms with van der Waals surface area (Å²) in [6, 6.07) is 2.27. The number of carbonyl (C=O) groups excluding carboxylic acids is 1. The fourth-order valence-electron chi connectivity index (χ4n) is 1.99. The molecule has 0 saturated carbocycles. The van der Waals surface area contributed by atoms with Gasteiger partial charge < -0.3 is 15.2 Å². The molecule has 1 aromatic heterocycles. The highest BCUT2D eigenvalue weighted by atomic mass is 79.9. The minimum atomic E-state index is -0.0121. The molecule has 1 fully saturated rings. The molecule has 1 aliphatic rings. The number of aryl methyl sites for hydroxylation is 1. The highest BCUT2D eigenvalue weighted by molar-refractivity contribution is 9.10. The van der Waals surface area contributed by atoms with Gasteiger partial charge in [-0.1, -0.05) is 0 Å². The van der Waals surface area contributed by atoms with Crippen LogP contribution in [0.3, 0.4) is 0 Å². The second-order valence-corrected chi connectivity index (χ2v) is 5.07. The maximum atomic E-state index is 11.9. The summed E-state index contributed by atoms with van der Waals surface area (Å²) in [5.74, 6) is -0.0121. The number of carbonyl (C=O) groups is 1. The Labute approximate surface area is 104 Å². The maximum absolute atomic E-state index is 11.9. The van der Waals surface area contributed by atoms with Gasteiger partial charge in [0.15, 0.2) is 0 Å². The predicted octanol–water partition coefficient (Wildman–Crippen LogP) is 1.27. The fourth-order valence-corrected chi connectivity index (χ4v) is 2.51. The van der Waals surface area contributed by atoms with Crippen LogP contribution in [-0.2, 0) is 7.05 Å². The van der Waals surface area contributed by atoms with E-state index in [1.165, 1.54) is 6.42 Å². The van der Waals surface area contributed by atoms with Crippen LogP contribution in [0.5, 0.6) is 0 Å². The van der Waals surface area contributed by atoms with Gasteiger partial charge in [-0.15, -0.1) is 0 Å². The molecule has 1 atom stereocenters. The lowest BCUT2D eigenvalue weighted by molar-refractivity contribution is 0.0942. The van der Waals surface area contributed by atoms with E-state index >= 15 is 0 Å². The zero-order chi connectivity index (χ0) is 11.5. The number of rotatable bonds is 3. The summed E-state index contributed by atoms with van der Waals surface area (Å²) < 4.78 is 2.75. The van der Waals surface area contributed by atoms with Crippen molar-refractivity contribution in [2.45, 2.75) is 18.9 Å². The highest BCUT2D eigenvalue weighted by Crippen LogP contribution is 2.13. The van der Waals surface area contributed by atoms with Crippen LogP contribution in [0, 0.1) is 0 Å². The van der Waals surface area contributed by atoms with E-state index in [4.69, 9.17) is 0 Å². The van der Waals surface area contributed by atoms with Gasteiger partial charge in [0.25, 0.3) is 5.91 Å². The Bertz CT molecular complexity index is 383. The summed E-state index contributed by atoms with van der Waals surface area (Å²) in [5.41, 5.74) is 0.685. The standard InChI is InChI=1S/C11H16BrN3O/c1-15-7-8(12)5-10(15)11(16)14-6-9-3-2-4-13-9/h5,7,9,13H,2-4,6H2,1H3,(H,14,16). The molecule has 2 heterocycles. The van der Waals surface area contributed by atoms with E-state index < -0.39 is 0 Å². The number of nitrogens with zero attached hydrogens (tertiary/aromatic N) is 1. The molecule has 88 valence electrons. The molecule has 0 aromatic carbocycles. The van der Waals surface area contributed by atoms with Gasteiger partial charge in [-0.2, -0.15) is 0 Å². The van der Waals surface area contributed by atoms with Crippen molar-refractivity contribution >= 4 is 21.8 Å². The smallest absolute Gasteiger partial charge is 0.267 e. The van der Waals surface area contributed by atoms with Crippen LogP contribution >= 0.6 is 15.9 Å². The van der Waals surface area contributed by atoms with Gasteiger partial charge in [0.05, 0.1) is 0 Å². The molecule has 1 aromatic rings. The van der Waals surface area contributed by atoms with Crippen molar-refractivity contribution in [1.29, 1.82) is 0 Å². The number of aromatic nitrogens is 1. The summed E-state index contributed by atoms with van der Waals surface area (Å²) in [7, 11) is 1.87. The monoisotopic (exact) mass is 285 g/mol. The van der Waals surface area contributed by atoms with Gasteiger partial charge in [-0.25, -0.2) is 0 Å². The first-order chi connectivity index (χ1) is 7.66. The Morgan fingerprint density at radius 1 is 1.75 bits per heavy atom. The van der Waals surface area contributed by atoms with Gasteiger partial charge in [0, 0.05) is 30.3 Å². The van der Waals surface area contributed by atoms with Gasteiger partial charge in [-0.05, 0) is 41.4 Å². The molecule has 0 spiro atoms. The molecule has 1 unspecified atom stereocenters. The van der Waals surface area contributed by atoms with E-state index in [2.05, 4.69) is 26.6 Å². The van der Waals surface area contributed by atoms with Gasteiger partial charge in [0.1, 0.15) is 5.69 Å². The minimum absolute atomic E-state index is 0.0121. The van der Waals surface area contributed by atoms with Crippen LogP contribution in [0.1, 0.15) is 23.3 Å². The Kier molecular flexibility index (Phi) is 3.66. The van der Waals surface area contributed by atoms with Gasteiger partial charge >= 0.3 is 0 Å². The second kappa shape index (κ2) is 5.01. The molecule has 0 radical (unpaired) electrons. The van der Waals surface area contributed by atoms with E-state index in [1.807, 2.05) is 23.9 Å². The molecule has 1 saturated heterocycles. The van der Waals surface area contributed by atoms with E-state index in [0.717, 1.165) is 17.4 Å². The van der Waals surface area contributed by atoms with E-state index in [0.29, 0.717) is 18.3 Å². The van der Waals surface area contributed by atoms with Crippen LogP contribution in [0.4, 0.5) is 0 Å². The van der Waals surface area contributed by atoms with Crippen molar-refractivity contribution in [2.75, 3.05) is 13.1 Å². The first-order valence-electron chi connectivity index (χ1n) is 5.50. The fraction of sp³-hybridized carbons (Fsp3) is 0.545. The molecule has 0 aliphatic carbocycles. The number of halogens is 1. The number of hydrogen-bond donors (Lipinski definition) is 2. The lowest BCUT2D eigenvalue weighted by Gasteiger charge is -2.11. The van der Waals surface area contributed by atoms with Crippen molar-refractivity contribution < 1.29 is 4.79 Å². The number of hydrogen-bond acceptors (Lipinski definition) is 2. The maximum Gasteiger partial charge on any atom is 0.267 e. The van der Waals surface area contributed by atoms with Crippen molar-refractivity contribution in [3.05, 3.63) is 22.4 Å². The zero-order valence-corrected chi connectivity index (χ0v) is 10.9. The van der Waals surface area contributed by atoms with Gasteiger partial charge in [0.2, 0.25) is 0 Å². The molecular weight excluding hydrogens is 270 g/mol. The Morgan fingerprint density at radius 3 is 3.12 bits per heavy atom. The molecule has 16 heavy (non-hydrogen) atoms. The SMILES string of the molecule is Cn1cc(Br)cc1C(=O)NCC1CCCN1. The summed E-state index contributed by atoms with van der Waals surface area (Å²) in [4.78, 5) is 11.9. The average Bonchev–Trinajstić information content (AvgIpc) is 2.84. The number of amides is 1. The van der Waals surface area contributed by atoms with Gasteiger partial charge in [-0.3, -0.25) is 4.79 Å². The van der Waals surface area contributed by atoms with Crippen LogP contribution < -0.4 is 10.6 Å². The third-order valence-corrected chi connectivity index (χ3v) is 3.31. The first-order valence-corrected chi connectivity index (χ1v) is 6.29. The normalized spacial score (nSPS) is 20.0. The van der Waals surface area contributed by atoms with E-state index in [1.54, 1.807) is 0 Å². The lowest BCUT2D eigenvalue weighted by Crippen LogP contribution is -2.37. The zero-order valence-electron chi connectivity index (χ0n) is 9.29. The topological polar surface area (TPSA) is 46.1 Å². The highest BCUT2D eigenvalue weighted by Gasteiger charge is 2.16. The van der Waals surface area contributed by atoms with Crippen LogP contribution in [-0.4, -0.2) is 29.6 Å². The van der Waals surface area contributed by atoms with Crippen molar-refractivity contribution in [1.82, 2.24) is 15.2 Å². The number of nitrogens with one attached hydrogen (secondary N) is 2. The molecular formula is C11H16BrN3O. The third kappa shape index (κ3) is 2.65. The van der Waals surface area contributed by atoms with Crippen LogP contribution in [0.25, 0.3) is 0 Å². The van der Waals surface area contributed by atoms with E-state index in [9.17, 15) is 4.79 Å². The Hall–Kier alpha value is -0.810. The van der Waals surface area contributed by atoms with E-state index in [-0.39, 0.29) is 5.91 Å². The van der Waals surface area contributed by atoms with Crippen molar-refractivity contribution in [3.63, 3.8) is 0 Å². The molecule has 2 rings (SSSR count). The summed E-state index contributed by atoms with van der Waals surface area (Å²) in [6.07, 6.45) is 4.23. The predicted molar refractivity (Wildman–Crippen MR) is 66.5 cm³/mol. The molecule has 1 aliphatic heterocycles.